The third-order valence-corrected chi connectivity index (χ3v) is 25.0. The number of carbonyl (C=O) groups excluding carboxylic acids is 4. The molecular formula is C92H173O25P. The topological polar surface area (TPSA) is 380 Å². The van der Waals surface area contributed by atoms with E-state index in [0.29, 0.717) is 38.0 Å². The van der Waals surface area contributed by atoms with Crippen LogP contribution >= 0.6 is 7.82 Å². The van der Waals surface area contributed by atoms with E-state index in [1.54, 1.807) is 0 Å². The first-order valence-corrected chi connectivity index (χ1v) is 49.7. The van der Waals surface area contributed by atoms with Gasteiger partial charge in [-0.15, -0.1) is 0 Å². The van der Waals surface area contributed by atoms with Crippen LogP contribution in [0, 0.1) is 5.92 Å². The van der Waals surface area contributed by atoms with Gasteiger partial charge in [-0.3, -0.25) is 28.2 Å². The molecule has 25 nitrogen and oxygen atoms in total. The van der Waals surface area contributed by atoms with Crippen molar-refractivity contribution in [2.75, 3.05) is 26.4 Å². The highest BCUT2D eigenvalue weighted by atomic mass is 31.2. The molecule has 0 aromatic carbocycles. The van der Waals surface area contributed by atoms with Crippen LogP contribution in [0.3, 0.4) is 0 Å². The van der Waals surface area contributed by atoms with E-state index in [1.165, 1.54) is 205 Å². The number of hydrogen-bond acceptors (Lipinski definition) is 24. The Bertz CT molecular complexity index is 2470. The average molecular weight is 1710 g/mol. The van der Waals surface area contributed by atoms with Crippen molar-refractivity contribution < 1.29 is 122 Å². The Hall–Kier alpha value is -2.53. The van der Waals surface area contributed by atoms with Crippen molar-refractivity contribution in [3.05, 3.63) is 0 Å². The monoisotopic (exact) mass is 1710 g/mol. The lowest BCUT2D eigenvalue weighted by Crippen LogP contribution is -2.70. The number of rotatable bonds is 78. The molecule has 2 aliphatic heterocycles. The van der Waals surface area contributed by atoms with Crippen LogP contribution in [-0.2, 0) is 70.7 Å². The molecule has 3 aliphatic rings. The van der Waals surface area contributed by atoms with Gasteiger partial charge in [-0.25, -0.2) is 4.57 Å². The number of carbonyl (C=O) groups is 4. The zero-order valence-electron chi connectivity index (χ0n) is 74.4. The first-order chi connectivity index (χ1) is 57.1. The van der Waals surface area contributed by atoms with Gasteiger partial charge >= 0.3 is 31.7 Å². The lowest BCUT2D eigenvalue weighted by atomic mass is 9.84. The minimum absolute atomic E-state index is 0.0195. The summed E-state index contributed by atoms with van der Waals surface area (Å²) in [5.41, 5.74) is 0. The molecule has 26 heteroatoms. The molecule has 2 saturated heterocycles. The van der Waals surface area contributed by atoms with Crippen molar-refractivity contribution >= 4 is 31.7 Å². The van der Waals surface area contributed by atoms with E-state index in [1.807, 2.05) is 0 Å². The number of unbranched alkanes of at least 4 members (excludes halogenated alkanes) is 50. The maximum atomic E-state index is 14.9. The highest BCUT2D eigenvalue weighted by Crippen LogP contribution is 2.49. The molecule has 696 valence electrons. The predicted molar refractivity (Wildman–Crippen MR) is 458 cm³/mol. The van der Waals surface area contributed by atoms with Gasteiger partial charge in [-0.1, -0.05) is 375 Å². The largest absolute Gasteiger partial charge is 0.472 e. The van der Waals surface area contributed by atoms with Crippen molar-refractivity contribution in [1.29, 1.82) is 0 Å². The molecule has 3 rings (SSSR count). The fourth-order valence-electron chi connectivity index (χ4n) is 16.3. The first-order valence-electron chi connectivity index (χ1n) is 48.2. The van der Waals surface area contributed by atoms with Crippen molar-refractivity contribution in [1.82, 2.24) is 0 Å². The third-order valence-electron chi connectivity index (χ3n) is 24.0. The second-order valence-corrected chi connectivity index (χ2v) is 36.3. The third kappa shape index (κ3) is 50.6. The lowest BCUT2D eigenvalue weighted by molar-refractivity contribution is -0.360. The summed E-state index contributed by atoms with van der Waals surface area (Å²) in [7, 11) is -5.80. The van der Waals surface area contributed by atoms with Crippen LogP contribution in [-0.4, -0.2) is 205 Å². The molecule has 118 heavy (non-hydrogen) atoms. The van der Waals surface area contributed by atoms with Crippen LogP contribution in [0.25, 0.3) is 0 Å². The Morgan fingerprint density at radius 2 is 0.636 bits per heavy atom. The number of phosphoric acid groups is 1. The molecule has 0 aromatic heterocycles. The van der Waals surface area contributed by atoms with Crippen molar-refractivity contribution in [3.8, 4) is 0 Å². The molecule has 19 atom stereocenters. The van der Waals surface area contributed by atoms with Gasteiger partial charge in [0.2, 0.25) is 0 Å². The summed E-state index contributed by atoms with van der Waals surface area (Å²) in [4.78, 5) is 66.6. The van der Waals surface area contributed by atoms with E-state index < -0.39 is 162 Å². The quantitative estimate of drug-likeness (QED) is 0.0117. The second kappa shape index (κ2) is 70.6. The summed E-state index contributed by atoms with van der Waals surface area (Å²) in [6.45, 7) is 7.97. The number of hydrogen-bond donors (Lipinski definition) is 10. The summed E-state index contributed by atoms with van der Waals surface area (Å²) in [5, 5.41) is 102. The molecule has 1 aliphatic carbocycles. The van der Waals surface area contributed by atoms with Gasteiger partial charge < -0.3 is 88.7 Å². The molecule has 3 fully saturated rings. The highest BCUT2D eigenvalue weighted by molar-refractivity contribution is 7.47. The average Bonchev–Trinajstić information content (AvgIpc) is 0.753. The second-order valence-electron chi connectivity index (χ2n) is 34.9. The van der Waals surface area contributed by atoms with Crippen molar-refractivity contribution in [3.63, 3.8) is 0 Å². The van der Waals surface area contributed by atoms with Crippen molar-refractivity contribution in [2.24, 2.45) is 5.92 Å². The van der Waals surface area contributed by atoms with Gasteiger partial charge in [0.25, 0.3) is 0 Å². The maximum absolute atomic E-state index is 14.9. The molecule has 0 amide bonds. The number of phosphoric ester groups is 1. The van der Waals surface area contributed by atoms with E-state index in [-0.39, 0.29) is 25.7 Å². The zero-order valence-corrected chi connectivity index (χ0v) is 75.3. The van der Waals surface area contributed by atoms with Gasteiger partial charge in [0.15, 0.2) is 24.8 Å². The Morgan fingerprint density at radius 1 is 0.331 bits per heavy atom. The van der Waals surface area contributed by atoms with Crippen LogP contribution in [0.2, 0.25) is 0 Å². The van der Waals surface area contributed by atoms with E-state index in [4.69, 9.17) is 46.9 Å². The van der Waals surface area contributed by atoms with Gasteiger partial charge in [-0.05, 0) is 31.6 Å². The molecule has 0 radical (unpaired) electrons. The summed E-state index contributed by atoms with van der Waals surface area (Å²) < 4.78 is 73.6. The molecule has 2 heterocycles. The summed E-state index contributed by atoms with van der Waals surface area (Å²) in [5.74, 6) is -2.25. The summed E-state index contributed by atoms with van der Waals surface area (Å²) >= 11 is 0. The molecule has 10 N–H and O–H groups in total. The van der Waals surface area contributed by atoms with Crippen LogP contribution in [0.15, 0.2) is 0 Å². The number of ether oxygens (including phenoxy) is 8. The van der Waals surface area contributed by atoms with Gasteiger partial charge in [-0.2, -0.15) is 0 Å². The van der Waals surface area contributed by atoms with Crippen LogP contribution in [0.5, 0.6) is 0 Å². The Kier molecular flexibility index (Phi) is 65.6. The molecule has 0 bridgehead atoms. The van der Waals surface area contributed by atoms with Crippen LogP contribution < -0.4 is 0 Å². The fraction of sp³-hybridized carbons (Fsp3) is 0.957. The summed E-state index contributed by atoms with van der Waals surface area (Å²) in [6, 6.07) is 0. The van der Waals surface area contributed by atoms with Crippen LogP contribution in [0.4, 0.5) is 0 Å². The standard InChI is InChI=1S/C92H173O25P/c1-6-10-14-18-22-25-28-31-33-36-39-42-45-53-59-65-77(96)111-72(68-108-75(94)63-57-52-48-47-50-56-62-71(5)61-55-49-21-17-13-9-4)69-110-118(106,107)117-90-88(115-91-85(104)81(100)79(98)73(67-93)112-91)84(103)83(102)87(114-78(97)66-60-54-46-43-40-37-34-32-29-26-23-19-15-11-7-2)89(90)116-92-86(105)82(101)80(99)74(113-92)70-109-76(95)64-58-51-44-41-38-35-30-27-24-20-16-12-8-3/h71-74,79-93,98-105H,6-70H2,1-5H3,(H,106,107). The minimum atomic E-state index is -5.80. The molecule has 1 saturated carbocycles. The van der Waals surface area contributed by atoms with Crippen molar-refractivity contribution in [2.45, 2.75) is 530 Å². The molecule has 0 spiro atoms. The fourth-order valence-corrected chi connectivity index (χ4v) is 17.2. The normalized spacial score (nSPS) is 25.1. The van der Waals surface area contributed by atoms with Gasteiger partial charge in [0, 0.05) is 25.7 Å². The first kappa shape index (κ1) is 110. The van der Waals surface area contributed by atoms with E-state index in [2.05, 4.69) is 34.6 Å². The minimum Gasteiger partial charge on any atom is -0.463 e. The highest BCUT2D eigenvalue weighted by Gasteiger charge is 2.60. The van der Waals surface area contributed by atoms with Gasteiger partial charge in [0.05, 0.1) is 13.2 Å². The Morgan fingerprint density at radius 3 is 1.01 bits per heavy atom. The molecule has 19 unspecified atom stereocenters. The number of esters is 4. The predicted octanol–water partition coefficient (Wildman–Crippen LogP) is 18.0. The van der Waals surface area contributed by atoms with Gasteiger partial charge in [0.1, 0.15) is 92.6 Å². The van der Waals surface area contributed by atoms with E-state index in [0.717, 1.165) is 128 Å². The number of aliphatic hydroxyl groups is 9. The maximum Gasteiger partial charge on any atom is 0.472 e. The van der Waals surface area contributed by atoms with Crippen LogP contribution in [0.1, 0.15) is 426 Å². The lowest BCUT2D eigenvalue weighted by Gasteiger charge is -2.50. The summed E-state index contributed by atoms with van der Waals surface area (Å²) in [6.07, 6.45) is 26.6. The SMILES string of the molecule is CCCCCCCCCCCCCCCCCC(=O)OC(COC(=O)CCCCCCCCC(C)CCCCCCCC)COP(=O)(O)OC1C(OC2OC(CO)C(O)C(O)C2O)C(O)C(O)C(OC(=O)CCCCCCCCCCCCCCCCC)C1OC1OC(COC(=O)CCCCCCCCCCCCCCC)C(O)C(O)C1O. The molecule has 0 aromatic rings. The number of aliphatic hydroxyl groups excluding tert-OH is 9. The van der Waals surface area contributed by atoms with E-state index in [9.17, 15) is 74.6 Å². The Balaban J connectivity index is 1.92. The Labute approximate surface area is 712 Å². The zero-order chi connectivity index (χ0) is 86.2. The van der Waals surface area contributed by atoms with E-state index >= 15 is 0 Å². The molecular weight excluding hydrogens is 1540 g/mol. The smallest absolute Gasteiger partial charge is 0.463 e.